The van der Waals surface area contributed by atoms with E-state index in [1.807, 2.05) is 18.2 Å². The van der Waals surface area contributed by atoms with Gasteiger partial charge in [0.1, 0.15) is 11.6 Å². The highest BCUT2D eigenvalue weighted by atomic mass is 32.2. The number of carbonyl (C=O) groups excluding carboxylic acids is 1. The van der Waals surface area contributed by atoms with Crippen molar-refractivity contribution in [1.29, 1.82) is 0 Å². The molecule has 1 fully saturated rings. The zero-order chi connectivity index (χ0) is 24.8. The fourth-order valence-corrected chi connectivity index (χ4v) is 4.86. The molecule has 0 bridgehead atoms. The Morgan fingerprint density at radius 2 is 1.54 bits per heavy atom. The van der Waals surface area contributed by atoms with Crippen molar-refractivity contribution in [3.05, 3.63) is 90.2 Å². The number of nitrogens with zero attached hydrogens (tertiary/aromatic N) is 3. The highest BCUT2D eigenvalue weighted by Crippen LogP contribution is 2.24. The number of piperazine rings is 1. The molecule has 1 aliphatic rings. The molecular weight excluding hydrogens is 469 g/mol. The third kappa shape index (κ3) is 6.30. The molecule has 3 aromatic rings. The minimum atomic E-state index is -3.65. The van der Waals surface area contributed by atoms with Crippen LogP contribution in [0.1, 0.15) is 5.56 Å². The van der Waals surface area contributed by atoms with Gasteiger partial charge in [-0.2, -0.15) is 0 Å². The van der Waals surface area contributed by atoms with Crippen LogP contribution >= 0.6 is 0 Å². The van der Waals surface area contributed by atoms with E-state index in [0.717, 1.165) is 29.3 Å². The number of para-hydroxylation sites is 1. The number of ether oxygens (including phenoxy) is 1. The lowest BCUT2D eigenvalue weighted by molar-refractivity contribution is -0.133. The van der Waals surface area contributed by atoms with Gasteiger partial charge >= 0.3 is 0 Å². The van der Waals surface area contributed by atoms with E-state index in [4.69, 9.17) is 4.74 Å². The topological polar surface area (TPSA) is 70.2 Å². The minimum Gasteiger partial charge on any atom is -0.484 e. The Labute approximate surface area is 205 Å². The molecule has 35 heavy (non-hydrogen) atoms. The molecule has 1 saturated heterocycles. The van der Waals surface area contributed by atoms with Crippen molar-refractivity contribution >= 4 is 27.3 Å². The van der Waals surface area contributed by atoms with Crippen molar-refractivity contribution < 1.29 is 22.3 Å². The van der Waals surface area contributed by atoms with Crippen molar-refractivity contribution in [3.63, 3.8) is 0 Å². The molecule has 4 rings (SSSR count). The molecule has 0 radical (unpaired) electrons. The summed E-state index contributed by atoms with van der Waals surface area (Å²) in [6, 6.07) is 22.6. The molecule has 0 unspecified atom stereocenters. The molecule has 0 aliphatic carbocycles. The monoisotopic (exact) mass is 497 g/mol. The smallest absolute Gasteiger partial charge is 0.260 e. The first-order valence-corrected chi connectivity index (χ1v) is 13.2. The van der Waals surface area contributed by atoms with Crippen molar-refractivity contribution in [1.82, 2.24) is 4.90 Å². The summed E-state index contributed by atoms with van der Waals surface area (Å²) in [5, 5.41) is 0. The average Bonchev–Trinajstić information content (AvgIpc) is 2.87. The van der Waals surface area contributed by atoms with Gasteiger partial charge < -0.3 is 14.5 Å². The van der Waals surface area contributed by atoms with E-state index in [-0.39, 0.29) is 24.6 Å². The zero-order valence-electron chi connectivity index (χ0n) is 19.5. The molecule has 0 saturated carbocycles. The van der Waals surface area contributed by atoms with Gasteiger partial charge in [0.15, 0.2) is 6.61 Å². The van der Waals surface area contributed by atoms with Gasteiger partial charge in [-0.25, -0.2) is 12.8 Å². The van der Waals surface area contributed by atoms with Gasteiger partial charge in [-0.3, -0.25) is 9.10 Å². The van der Waals surface area contributed by atoms with Crippen LogP contribution in [0.25, 0.3) is 0 Å². The number of benzene rings is 3. The van der Waals surface area contributed by atoms with Crippen molar-refractivity contribution in [3.8, 4) is 5.75 Å². The normalized spacial score (nSPS) is 14.0. The summed E-state index contributed by atoms with van der Waals surface area (Å²) in [6.07, 6.45) is 1.08. The Hall–Kier alpha value is -3.59. The zero-order valence-corrected chi connectivity index (χ0v) is 20.3. The number of carbonyl (C=O) groups is 1. The summed E-state index contributed by atoms with van der Waals surface area (Å²) in [5.74, 6) is -0.118. The van der Waals surface area contributed by atoms with E-state index in [1.165, 1.54) is 6.07 Å². The first-order valence-electron chi connectivity index (χ1n) is 11.3. The van der Waals surface area contributed by atoms with Crippen LogP contribution in [0.2, 0.25) is 0 Å². The number of halogens is 1. The molecule has 0 N–H and O–H groups in total. The molecular formula is C26H28FN3O4S. The molecule has 0 atom stereocenters. The maximum atomic E-state index is 14.1. The van der Waals surface area contributed by atoms with Crippen LogP contribution in [0.3, 0.4) is 0 Å². The number of hydrogen-bond donors (Lipinski definition) is 0. The maximum absolute atomic E-state index is 14.1. The van der Waals surface area contributed by atoms with E-state index in [2.05, 4.69) is 17.0 Å². The number of sulfonamides is 1. The Kier molecular flexibility index (Phi) is 7.55. The van der Waals surface area contributed by atoms with Crippen LogP contribution in [-0.4, -0.2) is 58.3 Å². The standard InChI is InChI=1S/C26H28FN3O4S/c1-35(32,33)30(19-21-7-5-6-10-25(21)27)23-11-13-24(14-12-23)34-20-26(31)29-17-15-28(16-18-29)22-8-3-2-4-9-22/h2-14H,15-20H2,1H3. The van der Waals surface area contributed by atoms with E-state index >= 15 is 0 Å². The molecule has 7 nitrogen and oxygen atoms in total. The lowest BCUT2D eigenvalue weighted by Gasteiger charge is -2.36. The number of rotatable bonds is 8. The van der Waals surface area contributed by atoms with Crippen LogP contribution < -0.4 is 13.9 Å². The quantitative estimate of drug-likeness (QED) is 0.476. The first kappa shape index (κ1) is 24.5. The van der Waals surface area contributed by atoms with E-state index < -0.39 is 15.8 Å². The van der Waals surface area contributed by atoms with Crippen LogP contribution in [0.5, 0.6) is 5.75 Å². The second kappa shape index (κ2) is 10.8. The SMILES string of the molecule is CS(=O)(=O)N(Cc1ccccc1F)c1ccc(OCC(=O)N2CCN(c3ccccc3)CC2)cc1. The maximum Gasteiger partial charge on any atom is 0.260 e. The van der Waals surface area contributed by atoms with Gasteiger partial charge in [0.25, 0.3) is 5.91 Å². The van der Waals surface area contributed by atoms with E-state index in [0.29, 0.717) is 24.5 Å². The summed E-state index contributed by atoms with van der Waals surface area (Å²) in [7, 11) is -3.65. The Morgan fingerprint density at radius 1 is 0.914 bits per heavy atom. The third-order valence-corrected chi connectivity index (χ3v) is 7.05. The number of amides is 1. The highest BCUT2D eigenvalue weighted by Gasteiger charge is 2.22. The second-order valence-electron chi connectivity index (χ2n) is 8.35. The highest BCUT2D eigenvalue weighted by molar-refractivity contribution is 7.92. The molecule has 184 valence electrons. The minimum absolute atomic E-state index is 0.0981. The average molecular weight is 498 g/mol. The first-order chi connectivity index (χ1) is 16.8. The summed E-state index contributed by atoms with van der Waals surface area (Å²) >= 11 is 0. The fraction of sp³-hybridized carbons (Fsp3) is 0.269. The summed E-state index contributed by atoms with van der Waals surface area (Å²) in [6.45, 7) is 2.53. The van der Waals surface area contributed by atoms with Gasteiger partial charge in [-0.1, -0.05) is 36.4 Å². The number of hydrogen-bond acceptors (Lipinski definition) is 5. The Balaban J connectivity index is 1.33. The lowest BCUT2D eigenvalue weighted by Crippen LogP contribution is -2.50. The molecule has 0 aromatic heterocycles. The van der Waals surface area contributed by atoms with E-state index in [1.54, 1.807) is 47.4 Å². The predicted molar refractivity (Wildman–Crippen MR) is 135 cm³/mol. The van der Waals surface area contributed by atoms with Crippen LogP contribution in [0.4, 0.5) is 15.8 Å². The largest absolute Gasteiger partial charge is 0.484 e. The molecule has 3 aromatic carbocycles. The fourth-order valence-electron chi connectivity index (χ4n) is 3.98. The van der Waals surface area contributed by atoms with Gasteiger partial charge in [0.05, 0.1) is 18.5 Å². The van der Waals surface area contributed by atoms with Gasteiger partial charge in [0.2, 0.25) is 10.0 Å². The predicted octanol–water partition coefficient (Wildman–Crippen LogP) is 3.52. The summed E-state index contributed by atoms with van der Waals surface area (Å²) in [4.78, 5) is 16.6. The third-order valence-electron chi connectivity index (χ3n) is 5.91. The molecule has 9 heteroatoms. The van der Waals surface area contributed by atoms with Crippen molar-refractivity contribution in [2.24, 2.45) is 0 Å². The number of anilines is 2. The summed E-state index contributed by atoms with van der Waals surface area (Å²) < 4.78 is 45.6. The van der Waals surface area contributed by atoms with Gasteiger partial charge in [-0.05, 0) is 42.5 Å². The lowest BCUT2D eigenvalue weighted by atomic mass is 10.2. The Bertz CT molecular complexity index is 1250. The van der Waals surface area contributed by atoms with E-state index in [9.17, 15) is 17.6 Å². The van der Waals surface area contributed by atoms with Crippen LogP contribution in [0.15, 0.2) is 78.9 Å². The molecule has 1 aliphatic heterocycles. The van der Waals surface area contributed by atoms with Gasteiger partial charge in [-0.15, -0.1) is 0 Å². The Morgan fingerprint density at radius 3 is 2.17 bits per heavy atom. The summed E-state index contributed by atoms with van der Waals surface area (Å²) in [5.41, 5.74) is 1.80. The second-order valence-corrected chi connectivity index (χ2v) is 10.3. The molecule has 1 amide bonds. The van der Waals surface area contributed by atoms with Crippen LogP contribution in [-0.2, 0) is 21.4 Å². The van der Waals surface area contributed by atoms with Crippen molar-refractivity contribution in [2.75, 3.05) is 48.2 Å². The van der Waals surface area contributed by atoms with Crippen LogP contribution in [0, 0.1) is 5.82 Å². The van der Waals surface area contributed by atoms with Crippen molar-refractivity contribution in [2.45, 2.75) is 6.54 Å². The van der Waals surface area contributed by atoms with Gasteiger partial charge in [0, 0.05) is 37.4 Å². The molecule has 1 heterocycles. The molecule has 0 spiro atoms.